The van der Waals surface area contributed by atoms with E-state index < -0.39 is 0 Å². The second-order valence-corrected chi connectivity index (χ2v) is 5.62. The highest BCUT2D eigenvalue weighted by Crippen LogP contribution is 2.38. The van der Waals surface area contributed by atoms with Crippen molar-refractivity contribution >= 4 is 17.5 Å². The van der Waals surface area contributed by atoms with E-state index in [9.17, 15) is 9.59 Å². The monoisotopic (exact) mass is 283 g/mol. The van der Waals surface area contributed by atoms with E-state index in [1.54, 1.807) is 11.9 Å². The molecule has 19 heavy (non-hydrogen) atoms. The van der Waals surface area contributed by atoms with Crippen LogP contribution in [0.15, 0.2) is 10.9 Å². The smallest absolute Gasteiger partial charge is 0.255 e. The van der Waals surface area contributed by atoms with Gasteiger partial charge in [-0.25, -0.2) is 4.98 Å². The molecule has 1 aromatic heterocycles. The lowest BCUT2D eigenvalue weighted by atomic mass is 10.3. The van der Waals surface area contributed by atoms with E-state index in [0.717, 1.165) is 12.8 Å². The van der Waals surface area contributed by atoms with Gasteiger partial charge in [0.25, 0.3) is 5.56 Å². The molecule has 1 fully saturated rings. The highest BCUT2D eigenvalue weighted by Gasteiger charge is 2.30. The highest BCUT2D eigenvalue weighted by atomic mass is 35.5. The molecule has 0 aliphatic heterocycles. The number of halogens is 1. The van der Waals surface area contributed by atoms with Gasteiger partial charge in [0.05, 0.1) is 0 Å². The summed E-state index contributed by atoms with van der Waals surface area (Å²) in [6.45, 7) is 3.90. The topological polar surface area (TPSA) is 55.2 Å². The number of hydrogen-bond acceptors (Lipinski definition) is 3. The van der Waals surface area contributed by atoms with Crippen molar-refractivity contribution in [2.75, 3.05) is 7.05 Å². The number of rotatable bonds is 4. The third-order valence-corrected chi connectivity index (χ3v) is 3.60. The van der Waals surface area contributed by atoms with E-state index in [4.69, 9.17) is 11.6 Å². The van der Waals surface area contributed by atoms with E-state index in [1.807, 2.05) is 13.8 Å². The molecule has 2 rings (SSSR count). The van der Waals surface area contributed by atoms with Gasteiger partial charge in [0.15, 0.2) is 0 Å². The van der Waals surface area contributed by atoms with Crippen molar-refractivity contribution in [3.8, 4) is 0 Å². The fraction of sp³-hybridized carbons (Fsp3) is 0.615. The molecule has 1 saturated carbocycles. The van der Waals surface area contributed by atoms with Gasteiger partial charge in [0.1, 0.15) is 17.5 Å². The highest BCUT2D eigenvalue weighted by molar-refractivity contribution is 6.29. The van der Waals surface area contributed by atoms with Crippen molar-refractivity contribution in [2.24, 2.45) is 0 Å². The van der Waals surface area contributed by atoms with Gasteiger partial charge in [-0.05, 0) is 26.7 Å². The molecule has 0 bridgehead atoms. The van der Waals surface area contributed by atoms with E-state index in [-0.39, 0.29) is 35.1 Å². The molecular formula is C13H18ClN3O2. The van der Waals surface area contributed by atoms with Crippen molar-refractivity contribution in [1.82, 2.24) is 14.5 Å². The van der Waals surface area contributed by atoms with Gasteiger partial charge in [0.2, 0.25) is 5.91 Å². The zero-order chi connectivity index (χ0) is 14.2. The van der Waals surface area contributed by atoms with Crippen molar-refractivity contribution in [1.29, 1.82) is 0 Å². The van der Waals surface area contributed by atoms with Gasteiger partial charge in [-0.15, -0.1) is 0 Å². The van der Waals surface area contributed by atoms with Crippen LogP contribution in [-0.4, -0.2) is 33.4 Å². The lowest BCUT2D eigenvalue weighted by Gasteiger charge is -2.22. The molecule has 0 N–H and O–H groups in total. The van der Waals surface area contributed by atoms with E-state index >= 15 is 0 Å². The largest absolute Gasteiger partial charge is 0.342 e. The Morgan fingerprint density at radius 1 is 1.58 bits per heavy atom. The Balaban J connectivity index is 2.29. The number of likely N-dealkylation sites (N-methyl/N-ethyl adjacent to an activating group) is 1. The summed E-state index contributed by atoms with van der Waals surface area (Å²) in [5, 5.41) is 0.202. The summed E-state index contributed by atoms with van der Waals surface area (Å²) in [5.41, 5.74) is -0.257. The summed E-state index contributed by atoms with van der Waals surface area (Å²) in [7, 11) is 1.73. The normalized spacial score (nSPS) is 14.8. The maximum absolute atomic E-state index is 12.1. The van der Waals surface area contributed by atoms with Crippen LogP contribution in [0.4, 0.5) is 0 Å². The molecule has 1 amide bonds. The minimum absolute atomic E-state index is 0.0313. The van der Waals surface area contributed by atoms with Crippen molar-refractivity contribution in [2.45, 2.75) is 45.2 Å². The fourth-order valence-electron chi connectivity index (χ4n) is 1.84. The second kappa shape index (κ2) is 5.33. The average Bonchev–Trinajstić information content (AvgIpc) is 3.14. The predicted octanol–water partition coefficient (Wildman–Crippen LogP) is 1.64. The number of aromatic nitrogens is 2. The molecule has 1 aromatic rings. The summed E-state index contributed by atoms with van der Waals surface area (Å²) in [6, 6.07) is 1.36. The fourth-order valence-corrected chi connectivity index (χ4v) is 2.02. The Bertz CT molecular complexity index is 549. The summed E-state index contributed by atoms with van der Waals surface area (Å²) in [4.78, 5) is 29.9. The molecule has 1 heterocycles. The molecule has 0 atom stereocenters. The van der Waals surface area contributed by atoms with E-state index in [2.05, 4.69) is 4.98 Å². The van der Waals surface area contributed by atoms with Crippen LogP contribution in [0, 0.1) is 0 Å². The van der Waals surface area contributed by atoms with Crippen molar-refractivity contribution in [3.05, 3.63) is 27.4 Å². The molecule has 6 heteroatoms. The number of hydrogen-bond donors (Lipinski definition) is 0. The first-order chi connectivity index (χ1) is 8.90. The van der Waals surface area contributed by atoms with Gasteiger partial charge in [-0.1, -0.05) is 11.6 Å². The summed E-state index contributed by atoms with van der Waals surface area (Å²) >= 11 is 5.82. The summed E-state index contributed by atoms with van der Waals surface area (Å²) < 4.78 is 1.45. The summed E-state index contributed by atoms with van der Waals surface area (Å²) in [5.74, 6) is 0.815. The molecule has 0 aromatic carbocycles. The Morgan fingerprint density at radius 2 is 2.21 bits per heavy atom. The molecule has 1 aliphatic rings. The van der Waals surface area contributed by atoms with Crippen LogP contribution in [0.1, 0.15) is 38.4 Å². The lowest BCUT2D eigenvalue weighted by molar-refractivity contribution is -0.132. The molecule has 104 valence electrons. The number of amides is 1. The second-order valence-electron chi connectivity index (χ2n) is 5.23. The Morgan fingerprint density at radius 3 is 2.74 bits per heavy atom. The first-order valence-corrected chi connectivity index (χ1v) is 6.81. The quantitative estimate of drug-likeness (QED) is 0.790. The molecule has 1 aliphatic carbocycles. The summed E-state index contributed by atoms with van der Waals surface area (Å²) in [6.07, 6.45) is 2.00. The van der Waals surface area contributed by atoms with Crippen molar-refractivity contribution in [3.63, 3.8) is 0 Å². The maximum Gasteiger partial charge on any atom is 0.255 e. The van der Waals surface area contributed by atoms with Gasteiger partial charge in [-0.2, -0.15) is 0 Å². The molecule has 0 unspecified atom stereocenters. The van der Waals surface area contributed by atoms with Crippen LogP contribution in [0.2, 0.25) is 5.15 Å². The molecule has 0 saturated heterocycles. The average molecular weight is 284 g/mol. The molecular weight excluding hydrogens is 266 g/mol. The van der Waals surface area contributed by atoms with E-state index in [1.165, 1.54) is 10.6 Å². The molecule has 0 spiro atoms. The van der Waals surface area contributed by atoms with E-state index in [0.29, 0.717) is 5.82 Å². The minimum Gasteiger partial charge on any atom is -0.342 e. The standard InChI is InChI=1S/C13H18ClN3O2/c1-8(2)16(3)12(19)7-17-11(18)6-10(14)15-13(17)9-4-5-9/h6,8-9H,4-5,7H2,1-3H3. The number of nitrogens with zero attached hydrogens (tertiary/aromatic N) is 3. The van der Waals surface area contributed by atoms with Crippen molar-refractivity contribution < 1.29 is 4.79 Å². The predicted molar refractivity (Wildman–Crippen MR) is 73.4 cm³/mol. The van der Waals surface area contributed by atoms with Crippen LogP contribution >= 0.6 is 11.6 Å². The van der Waals surface area contributed by atoms with Crippen LogP contribution < -0.4 is 5.56 Å². The molecule has 0 radical (unpaired) electrons. The molecule has 5 nitrogen and oxygen atoms in total. The number of carbonyl (C=O) groups excluding carboxylic acids is 1. The minimum atomic E-state index is -0.257. The van der Waals surface area contributed by atoms with Crippen LogP contribution in [0.25, 0.3) is 0 Å². The third-order valence-electron chi connectivity index (χ3n) is 3.41. The Hall–Kier alpha value is -1.36. The van der Waals surface area contributed by atoms with Gasteiger partial charge in [-0.3, -0.25) is 14.2 Å². The van der Waals surface area contributed by atoms with Crippen LogP contribution in [-0.2, 0) is 11.3 Å². The zero-order valence-electron chi connectivity index (χ0n) is 11.4. The first-order valence-electron chi connectivity index (χ1n) is 6.43. The zero-order valence-corrected chi connectivity index (χ0v) is 12.1. The SMILES string of the molecule is CC(C)N(C)C(=O)Cn1c(C2CC2)nc(Cl)cc1=O. The lowest BCUT2D eigenvalue weighted by Crippen LogP contribution is -2.38. The van der Waals surface area contributed by atoms with Gasteiger partial charge < -0.3 is 4.90 Å². The first kappa shape index (κ1) is 14.1. The van der Waals surface area contributed by atoms with Crippen LogP contribution in [0.3, 0.4) is 0 Å². The maximum atomic E-state index is 12.1. The van der Waals surface area contributed by atoms with Crippen LogP contribution in [0.5, 0.6) is 0 Å². The third kappa shape index (κ3) is 3.15. The Labute approximate surface area is 117 Å². The van der Waals surface area contributed by atoms with Gasteiger partial charge >= 0.3 is 0 Å². The Kier molecular flexibility index (Phi) is 3.94. The van der Waals surface area contributed by atoms with Gasteiger partial charge in [0, 0.05) is 25.1 Å². The number of carbonyl (C=O) groups is 1.